The molecule has 0 atom stereocenters. The highest BCUT2D eigenvalue weighted by molar-refractivity contribution is 5.50. The average Bonchev–Trinajstić information content (AvgIpc) is 2.47. The van der Waals surface area contributed by atoms with Crippen molar-refractivity contribution in [3.63, 3.8) is 0 Å². The lowest BCUT2D eigenvalue weighted by Gasteiger charge is -2.01. The summed E-state index contributed by atoms with van der Waals surface area (Å²) in [5, 5.41) is 10.6. The summed E-state index contributed by atoms with van der Waals surface area (Å²) in [5.41, 5.74) is 1.47. The van der Waals surface area contributed by atoms with Crippen LogP contribution < -0.4 is 4.74 Å². The van der Waals surface area contributed by atoms with Crippen molar-refractivity contribution in [3.05, 3.63) is 82.6 Å². The zero-order valence-electron chi connectivity index (χ0n) is 10.6. The van der Waals surface area contributed by atoms with Crippen molar-refractivity contribution in [1.29, 1.82) is 0 Å². The molecule has 0 heterocycles. The van der Waals surface area contributed by atoms with E-state index in [1.54, 1.807) is 18.2 Å². The third kappa shape index (κ3) is 3.24. The van der Waals surface area contributed by atoms with Crippen LogP contribution in [0.5, 0.6) is 5.75 Å². The number of hydrogen-bond acceptors (Lipinski definition) is 3. The van der Waals surface area contributed by atoms with Crippen LogP contribution in [0.25, 0.3) is 0 Å². The molecule has 0 aromatic heterocycles. The van der Waals surface area contributed by atoms with Gasteiger partial charge < -0.3 is 4.74 Å². The Hall–Kier alpha value is -3.06. The first kappa shape index (κ1) is 13.4. The molecule has 0 fully saturated rings. The standard InChI is InChI=1S/C16H11NO3/c1-2-20-16-6-4-3-5-14(16)10-7-13-8-11-15(12-9-13)17(18)19/h2-6,8-9,11-12H,1H2. The van der Waals surface area contributed by atoms with Gasteiger partial charge in [0.05, 0.1) is 16.7 Å². The van der Waals surface area contributed by atoms with Crippen LogP contribution in [0.15, 0.2) is 61.4 Å². The molecule has 0 aliphatic heterocycles. The van der Waals surface area contributed by atoms with E-state index in [-0.39, 0.29) is 5.69 Å². The van der Waals surface area contributed by atoms with Gasteiger partial charge in [0, 0.05) is 17.7 Å². The van der Waals surface area contributed by atoms with Crippen LogP contribution in [-0.2, 0) is 0 Å². The van der Waals surface area contributed by atoms with E-state index in [1.165, 1.54) is 18.4 Å². The number of nitro groups is 1. The lowest BCUT2D eigenvalue weighted by Crippen LogP contribution is -1.87. The van der Waals surface area contributed by atoms with Crippen molar-refractivity contribution in [2.45, 2.75) is 0 Å². The molecule has 0 amide bonds. The highest BCUT2D eigenvalue weighted by atomic mass is 16.6. The van der Waals surface area contributed by atoms with Gasteiger partial charge >= 0.3 is 0 Å². The second kappa shape index (κ2) is 6.21. The molecule has 0 aliphatic carbocycles. The van der Waals surface area contributed by atoms with Crippen LogP contribution in [0.4, 0.5) is 5.69 Å². The highest BCUT2D eigenvalue weighted by Gasteiger charge is 2.02. The maximum Gasteiger partial charge on any atom is 0.269 e. The van der Waals surface area contributed by atoms with Crippen molar-refractivity contribution < 1.29 is 9.66 Å². The van der Waals surface area contributed by atoms with Crippen molar-refractivity contribution >= 4 is 5.69 Å². The van der Waals surface area contributed by atoms with Gasteiger partial charge in [-0.2, -0.15) is 0 Å². The molecule has 0 saturated heterocycles. The van der Waals surface area contributed by atoms with Gasteiger partial charge in [0.2, 0.25) is 0 Å². The second-order valence-corrected chi connectivity index (χ2v) is 3.83. The molecular weight excluding hydrogens is 254 g/mol. The summed E-state index contributed by atoms with van der Waals surface area (Å²) in [7, 11) is 0. The molecule has 20 heavy (non-hydrogen) atoms. The molecule has 0 N–H and O–H groups in total. The predicted octanol–water partition coefficient (Wildman–Crippen LogP) is 3.52. The smallest absolute Gasteiger partial charge is 0.269 e. The van der Waals surface area contributed by atoms with Gasteiger partial charge in [0.25, 0.3) is 5.69 Å². The molecule has 4 heteroatoms. The van der Waals surface area contributed by atoms with Crippen LogP contribution in [0, 0.1) is 22.0 Å². The zero-order valence-corrected chi connectivity index (χ0v) is 10.6. The summed E-state index contributed by atoms with van der Waals surface area (Å²) < 4.78 is 5.25. The SMILES string of the molecule is C=COc1ccccc1C#Cc1ccc([N+](=O)[O-])cc1. The summed E-state index contributed by atoms with van der Waals surface area (Å²) in [4.78, 5) is 10.1. The fourth-order valence-corrected chi connectivity index (χ4v) is 1.57. The van der Waals surface area contributed by atoms with E-state index in [2.05, 4.69) is 18.4 Å². The third-order valence-electron chi connectivity index (χ3n) is 2.52. The van der Waals surface area contributed by atoms with Crippen LogP contribution in [0.1, 0.15) is 11.1 Å². The Labute approximate surface area is 116 Å². The van der Waals surface area contributed by atoms with Crippen LogP contribution in [-0.4, -0.2) is 4.92 Å². The number of nitrogens with zero attached hydrogens (tertiary/aromatic N) is 1. The minimum Gasteiger partial charge on any atom is -0.464 e. The monoisotopic (exact) mass is 265 g/mol. The number of para-hydroxylation sites is 1. The first-order valence-corrected chi connectivity index (χ1v) is 5.84. The average molecular weight is 265 g/mol. The first-order chi connectivity index (χ1) is 9.70. The van der Waals surface area contributed by atoms with Gasteiger partial charge in [-0.3, -0.25) is 10.1 Å². The topological polar surface area (TPSA) is 52.4 Å². The summed E-state index contributed by atoms with van der Waals surface area (Å²) in [6.07, 6.45) is 1.34. The fraction of sp³-hybridized carbons (Fsp3) is 0. The molecule has 2 aromatic carbocycles. The number of rotatable bonds is 3. The Morgan fingerprint density at radius 1 is 1.10 bits per heavy atom. The Balaban J connectivity index is 2.26. The van der Waals surface area contributed by atoms with Gasteiger partial charge in [-0.15, -0.1) is 0 Å². The molecule has 2 rings (SSSR count). The van der Waals surface area contributed by atoms with Crippen molar-refractivity contribution in [3.8, 4) is 17.6 Å². The van der Waals surface area contributed by atoms with E-state index in [4.69, 9.17) is 4.74 Å². The fourth-order valence-electron chi connectivity index (χ4n) is 1.57. The molecule has 0 bridgehead atoms. The van der Waals surface area contributed by atoms with Crippen molar-refractivity contribution in [1.82, 2.24) is 0 Å². The largest absolute Gasteiger partial charge is 0.464 e. The summed E-state index contributed by atoms with van der Waals surface area (Å²) in [6, 6.07) is 13.4. The summed E-state index contributed by atoms with van der Waals surface area (Å²) in [6.45, 7) is 3.51. The summed E-state index contributed by atoms with van der Waals surface area (Å²) in [5.74, 6) is 6.53. The molecule has 0 saturated carbocycles. The number of nitro benzene ring substituents is 1. The van der Waals surface area contributed by atoms with E-state index >= 15 is 0 Å². The minimum absolute atomic E-state index is 0.0472. The molecule has 0 unspecified atom stereocenters. The number of benzene rings is 2. The highest BCUT2D eigenvalue weighted by Crippen LogP contribution is 2.17. The minimum atomic E-state index is -0.440. The Morgan fingerprint density at radius 3 is 2.45 bits per heavy atom. The third-order valence-corrected chi connectivity index (χ3v) is 2.52. The predicted molar refractivity (Wildman–Crippen MR) is 76.3 cm³/mol. The van der Waals surface area contributed by atoms with Crippen LogP contribution in [0.2, 0.25) is 0 Å². The second-order valence-electron chi connectivity index (χ2n) is 3.83. The number of hydrogen-bond donors (Lipinski definition) is 0. The zero-order chi connectivity index (χ0) is 14.4. The van der Waals surface area contributed by atoms with Gasteiger partial charge in [0.1, 0.15) is 5.75 Å². The lowest BCUT2D eigenvalue weighted by molar-refractivity contribution is -0.384. The van der Waals surface area contributed by atoms with Crippen molar-refractivity contribution in [2.24, 2.45) is 0 Å². The van der Waals surface area contributed by atoms with E-state index in [9.17, 15) is 10.1 Å². The Bertz CT molecular complexity index is 694. The number of non-ortho nitro benzene ring substituents is 1. The van der Waals surface area contributed by atoms with E-state index in [0.717, 1.165) is 5.56 Å². The molecule has 0 spiro atoms. The first-order valence-electron chi connectivity index (χ1n) is 5.84. The van der Waals surface area contributed by atoms with Gasteiger partial charge in [-0.05, 0) is 24.3 Å². The molecule has 0 aliphatic rings. The maximum absolute atomic E-state index is 10.6. The Morgan fingerprint density at radius 2 is 1.80 bits per heavy atom. The Kier molecular flexibility index (Phi) is 4.15. The maximum atomic E-state index is 10.6. The van der Waals surface area contributed by atoms with E-state index in [1.807, 2.05) is 18.2 Å². The van der Waals surface area contributed by atoms with Crippen LogP contribution in [0.3, 0.4) is 0 Å². The molecule has 2 aromatic rings. The number of ether oxygens (including phenoxy) is 1. The van der Waals surface area contributed by atoms with E-state index < -0.39 is 4.92 Å². The molecule has 0 radical (unpaired) electrons. The van der Waals surface area contributed by atoms with Gasteiger partial charge in [0.15, 0.2) is 0 Å². The lowest BCUT2D eigenvalue weighted by atomic mass is 10.1. The quantitative estimate of drug-likeness (QED) is 0.369. The normalized spacial score (nSPS) is 9.20. The van der Waals surface area contributed by atoms with Gasteiger partial charge in [-0.1, -0.05) is 30.6 Å². The van der Waals surface area contributed by atoms with Crippen molar-refractivity contribution in [2.75, 3.05) is 0 Å². The van der Waals surface area contributed by atoms with Gasteiger partial charge in [-0.25, -0.2) is 0 Å². The molecule has 98 valence electrons. The van der Waals surface area contributed by atoms with Crippen LogP contribution >= 0.6 is 0 Å². The molecule has 4 nitrogen and oxygen atoms in total. The molecular formula is C16H11NO3. The van der Waals surface area contributed by atoms with E-state index in [0.29, 0.717) is 11.3 Å². The summed E-state index contributed by atoms with van der Waals surface area (Å²) >= 11 is 0.